The van der Waals surface area contributed by atoms with Gasteiger partial charge in [0, 0.05) is 36.6 Å². The minimum absolute atomic E-state index is 0.0137. The number of anilines is 3. The standard InChI is InChI=1S/C24H20F4N4O3/c25-20-6-5-17(13-19(20)24(26,27)28)30-23-29-14-18(22(31-23)32-8-10-35-11-9-32)16-3-1-2-15(12-16)4-7-21(33)34/h1-7,12-14H,8-11H2,(H,33,34)(H,29,30,31). The fourth-order valence-electron chi connectivity index (χ4n) is 3.58. The summed E-state index contributed by atoms with van der Waals surface area (Å²) in [5, 5.41) is 11.6. The molecule has 2 aromatic carbocycles. The van der Waals surface area contributed by atoms with Crippen LogP contribution in [-0.2, 0) is 15.7 Å². The maximum atomic E-state index is 13.6. The van der Waals surface area contributed by atoms with Crippen molar-refractivity contribution in [2.75, 3.05) is 36.5 Å². The quantitative estimate of drug-likeness (QED) is 0.374. The Morgan fingerprint density at radius 2 is 1.91 bits per heavy atom. The third kappa shape index (κ3) is 5.93. The normalized spacial score (nSPS) is 14.3. The lowest BCUT2D eigenvalue weighted by Gasteiger charge is -2.29. The molecule has 0 bridgehead atoms. The number of nitrogens with zero attached hydrogens (tertiary/aromatic N) is 3. The van der Waals surface area contributed by atoms with Crippen molar-refractivity contribution in [1.82, 2.24) is 9.97 Å². The molecule has 0 saturated carbocycles. The van der Waals surface area contributed by atoms with Crippen molar-refractivity contribution in [2.24, 2.45) is 0 Å². The Kier molecular flexibility index (Phi) is 6.97. The van der Waals surface area contributed by atoms with Crippen molar-refractivity contribution < 1.29 is 32.2 Å². The molecule has 0 amide bonds. The van der Waals surface area contributed by atoms with Crippen LogP contribution in [0.2, 0.25) is 0 Å². The summed E-state index contributed by atoms with van der Waals surface area (Å²) < 4.78 is 58.3. The van der Waals surface area contributed by atoms with Gasteiger partial charge in [0.1, 0.15) is 11.6 Å². The fourth-order valence-corrected chi connectivity index (χ4v) is 3.58. The number of alkyl halides is 3. The molecule has 182 valence electrons. The van der Waals surface area contributed by atoms with Crippen LogP contribution in [0.4, 0.5) is 35.0 Å². The Morgan fingerprint density at radius 1 is 1.14 bits per heavy atom. The van der Waals surface area contributed by atoms with Gasteiger partial charge >= 0.3 is 12.1 Å². The Balaban J connectivity index is 1.71. The van der Waals surface area contributed by atoms with Crippen molar-refractivity contribution in [2.45, 2.75) is 6.18 Å². The molecule has 3 aromatic rings. The molecule has 7 nitrogen and oxygen atoms in total. The van der Waals surface area contributed by atoms with Gasteiger partial charge in [0.25, 0.3) is 0 Å². The molecule has 2 heterocycles. The summed E-state index contributed by atoms with van der Waals surface area (Å²) in [6.07, 6.45) is -0.812. The molecular weight excluding hydrogens is 468 g/mol. The predicted octanol–water partition coefficient (Wildman–Crippen LogP) is 4.98. The lowest BCUT2D eigenvalue weighted by Crippen LogP contribution is -2.37. The van der Waals surface area contributed by atoms with Gasteiger partial charge in [0.05, 0.1) is 18.8 Å². The van der Waals surface area contributed by atoms with Gasteiger partial charge < -0.3 is 20.1 Å². The molecule has 0 aliphatic carbocycles. The number of carbonyl (C=O) groups is 1. The smallest absolute Gasteiger partial charge is 0.419 e. The summed E-state index contributed by atoms with van der Waals surface area (Å²) in [6, 6.07) is 9.70. The molecule has 1 saturated heterocycles. The molecule has 11 heteroatoms. The van der Waals surface area contributed by atoms with E-state index in [4.69, 9.17) is 9.84 Å². The number of aromatic nitrogens is 2. The molecule has 0 atom stereocenters. The first kappa shape index (κ1) is 24.1. The van der Waals surface area contributed by atoms with E-state index in [1.165, 1.54) is 18.3 Å². The van der Waals surface area contributed by atoms with E-state index in [-0.39, 0.29) is 11.6 Å². The largest absolute Gasteiger partial charge is 0.478 e. The first-order valence-corrected chi connectivity index (χ1v) is 10.6. The zero-order valence-electron chi connectivity index (χ0n) is 18.2. The first-order chi connectivity index (χ1) is 16.7. The lowest BCUT2D eigenvalue weighted by atomic mass is 10.0. The third-order valence-corrected chi connectivity index (χ3v) is 5.22. The number of hydrogen-bond donors (Lipinski definition) is 2. The molecular formula is C24H20F4N4O3. The van der Waals surface area contributed by atoms with E-state index in [1.807, 2.05) is 11.0 Å². The van der Waals surface area contributed by atoms with Gasteiger partial charge in [-0.25, -0.2) is 14.2 Å². The van der Waals surface area contributed by atoms with E-state index in [1.54, 1.807) is 18.2 Å². The molecule has 1 aromatic heterocycles. The van der Waals surface area contributed by atoms with E-state index in [0.717, 1.165) is 17.7 Å². The van der Waals surface area contributed by atoms with Gasteiger partial charge in [0.2, 0.25) is 5.95 Å². The number of carboxylic acids is 1. The SMILES string of the molecule is O=C(O)C=Cc1cccc(-c2cnc(Nc3ccc(F)c(C(F)(F)F)c3)nc2N2CCOCC2)c1. The summed E-state index contributed by atoms with van der Waals surface area (Å²) in [7, 11) is 0. The zero-order chi connectivity index (χ0) is 25.0. The second kappa shape index (κ2) is 10.1. The van der Waals surface area contributed by atoms with Crippen LogP contribution in [0.1, 0.15) is 11.1 Å². The molecule has 0 spiro atoms. The average Bonchev–Trinajstić information content (AvgIpc) is 2.84. The van der Waals surface area contributed by atoms with Gasteiger partial charge in [-0.15, -0.1) is 0 Å². The first-order valence-electron chi connectivity index (χ1n) is 10.6. The van der Waals surface area contributed by atoms with Crippen molar-refractivity contribution in [3.8, 4) is 11.1 Å². The van der Waals surface area contributed by atoms with Crippen LogP contribution in [-0.4, -0.2) is 47.3 Å². The number of hydrogen-bond acceptors (Lipinski definition) is 6. The lowest BCUT2D eigenvalue weighted by molar-refractivity contribution is -0.140. The Morgan fingerprint density at radius 3 is 2.63 bits per heavy atom. The van der Waals surface area contributed by atoms with Crippen LogP contribution in [0.5, 0.6) is 0 Å². The highest BCUT2D eigenvalue weighted by atomic mass is 19.4. The number of rotatable bonds is 6. The summed E-state index contributed by atoms with van der Waals surface area (Å²) in [6.45, 7) is 2.02. The molecule has 0 radical (unpaired) electrons. The molecule has 2 N–H and O–H groups in total. The van der Waals surface area contributed by atoms with Crippen molar-refractivity contribution in [3.63, 3.8) is 0 Å². The summed E-state index contributed by atoms with van der Waals surface area (Å²) in [4.78, 5) is 21.6. The van der Waals surface area contributed by atoms with Crippen LogP contribution >= 0.6 is 0 Å². The molecule has 1 fully saturated rings. The molecule has 4 rings (SSSR count). The highest BCUT2D eigenvalue weighted by Gasteiger charge is 2.34. The van der Waals surface area contributed by atoms with E-state index in [0.29, 0.717) is 49.3 Å². The van der Waals surface area contributed by atoms with Crippen molar-refractivity contribution >= 4 is 29.5 Å². The van der Waals surface area contributed by atoms with Crippen LogP contribution in [0, 0.1) is 5.82 Å². The number of nitrogens with one attached hydrogen (secondary N) is 1. The topological polar surface area (TPSA) is 87.6 Å². The highest BCUT2D eigenvalue weighted by molar-refractivity contribution is 5.86. The zero-order valence-corrected chi connectivity index (χ0v) is 18.2. The number of halogens is 4. The Hall–Kier alpha value is -3.99. The maximum Gasteiger partial charge on any atom is 0.419 e. The van der Waals surface area contributed by atoms with Gasteiger partial charge in [-0.3, -0.25) is 0 Å². The van der Waals surface area contributed by atoms with E-state index in [2.05, 4.69) is 15.3 Å². The van der Waals surface area contributed by atoms with Crippen molar-refractivity contribution in [3.05, 3.63) is 71.7 Å². The Bertz CT molecular complexity index is 1260. The summed E-state index contributed by atoms with van der Waals surface area (Å²) in [5.74, 6) is -1.87. The van der Waals surface area contributed by atoms with Crippen LogP contribution < -0.4 is 10.2 Å². The van der Waals surface area contributed by atoms with Crippen molar-refractivity contribution in [1.29, 1.82) is 0 Å². The molecule has 1 aliphatic rings. The third-order valence-electron chi connectivity index (χ3n) is 5.22. The molecule has 0 unspecified atom stereocenters. The van der Waals surface area contributed by atoms with E-state index < -0.39 is 23.5 Å². The van der Waals surface area contributed by atoms with Crippen LogP contribution in [0.15, 0.2) is 54.7 Å². The molecule has 35 heavy (non-hydrogen) atoms. The maximum absolute atomic E-state index is 13.6. The number of benzene rings is 2. The fraction of sp³-hybridized carbons (Fsp3) is 0.208. The number of carboxylic acid groups (broad SMARTS) is 1. The second-order valence-corrected chi connectivity index (χ2v) is 7.64. The van der Waals surface area contributed by atoms with Crippen LogP contribution in [0.25, 0.3) is 17.2 Å². The van der Waals surface area contributed by atoms with Crippen LogP contribution in [0.3, 0.4) is 0 Å². The highest BCUT2D eigenvalue weighted by Crippen LogP contribution is 2.35. The monoisotopic (exact) mass is 488 g/mol. The molecule has 1 aliphatic heterocycles. The number of morpholine rings is 1. The second-order valence-electron chi connectivity index (χ2n) is 7.64. The van der Waals surface area contributed by atoms with Gasteiger partial charge in [-0.1, -0.05) is 18.2 Å². The van der Waals surface area contributed by atoms with Gasteiger partial charge in [-0.05, 0) is 41.5 Å². The van der Waals surface area contributed by atoms with E-state index >= 15 is 0 Å². The predicted molar refractivity (Wildman–Crippen MR) is 122 cm³/mol. The average molecular weight is 488 g/mol. The number of ether oxygens (including phenoxy) is 1. The Labute approximate surface area is 197 Å². The minimum Gasteiger partial charge on any atom is -0.478 e. The minimum atomic E-state index is -4.84. The summed E-state index contributed by atoms with van der Waals surface area (Å²) >= 11 is 0. The number of aliphatic carboxylic acids is 1. The van der Waals surface area contributed by atoms with E-state index in [9.17, 15) is 22.4 Å². The van der Waals surface area contributed by atoms with Gasteiger partial charge in [0.15, 0.2) is 0 Å². The summed E-state index contributed by atoms with van der Waals surface area (Å²) in [5.41, 5.74) is 0.634. The van der Waals surface area contributed by atoms with Gasteiger partial charge in [-0.2, -0.15) is 18.2 Å².